The number of rotatable bonds is 0. The van der Waals surface area contributed by atoms with E-state index in [1.165, 1.54) is 17.7 Å². The van der Waals surface area contributed by atoms with Crippen LogP contribution in [-0.4, -0.2) is 12.3 Å². The Morgan fingerprint density at radius 1 is 1.47 bits per heavy atom. The van der Waals surface area contributed by atoms with Gasteiger partial charge in [0.25, 0.3) is 0 Å². The van der Waals surface area contributed by atoms with E-state index in [9.17, 15) is 0 Å². The van der Waals surface area contributed by atoms with E-state index < -0.39 is 0 Å². The highest BCUT2D eigenvalue weighted by atomic mass is 35.5. The average molecular weight is 264 g/mol. The molecule has 0 aliphatic carbocycles. The van der Waals surface area contributed by atoms with Gasteiger partial charge in [-0.3, -0.25) is 0 Å². The van der Waals surface area contributed by atoms with Crippen molar-refractivity contribution in [2.75, 3.05) is 17.6 Å². The van der Waals surface area contributed by atoms with Crippen molar-refractivity contribution in [2.45, 2.75) is 18.6 Å². The molecule has 1 nitrogen and oxygen atoms in total. The quantitative estimate of drug-likeness (QED) is 0.746. The lowest BCUT2D eigenvalue weighted by molar-refractivity contribution is 0.957. The van der Waals surface area contributed by atoms with Gasteiger partial charge in [-0.2, -0.15) is 11.8 Å². The molecule has 4 heteroatoms. The summed E-state index contributed by atoms with van der Waals surface area (Å²) >= 11 is 8.17. The van der Waals surface area contributed by atoms with Crippen molar-refractivity contribution in [2.24, 2.45) is 0 Å². The SMILES string of the molecule is CC1SCCCNc2c(Cl)cccc21.Cl. The van der Waals surface area contributed by atoms with Gasteiger partial charge in [-0.25, -0.2) is 0 Å². The lowest BCUT2D eigenvalue weighted by atomic mass is 10.1. The number of thioether (sulfide) groups is 1. The van der Waals surface area contributed by atoms with Crippen LogP contribution in [0, 0.1) is 0 Å². The number of anilines is 1. The number of halogens is 2. The lowest BCUT2D eigenvalue weighted by Crippen LogP contribution is -2.10. The summed E-state index contributed by atoms with van der Waals surface area (Å²) < 4.78 is 0. The van der Waals surface area contributed by atoms with E-state index in [-0.39, 0.29) is 12.4 Å². The highest BCUT2D eigenvalue weighted by Gasteiger charge is 2.15. The van der Waals surface area contributed by atoms with Gasteiger partial charge in [-0.15, -0.1) is 12.4 Å². The van der Waals surface area contributed by atoms with E-state index in [2.05, 4.69) is 18.3 Å². The standard InChI is InChI=1S/C11H14ClNS.ClH/c1-8-9-4-2-5-10(12)11(9)13-6-3-7-14-8;/h2,4-5,8,13H,3,6-7H2,1H3;1H. The van der Waals surface area contributed by atoms with Crippen molar-refractivity contribution >= 4 is 41.5 Å². The molecule has 0 bridgehead atoms. The third-order valence-corrected chi connectivity index (χ3v) is 4.07. The molecule has 0 radical (unpaired) electrons. The minimum atomic E-state index is 0. The third kappa shape index (κ3) is 2.96. The Bertz CT molecular complexity index is 330. The van der Waals surface area contributed by atoms with Gasteiger partial charge >= 0.3 is 0 Å². The summed E-state index contributed by atoms with van der Waals surface area (Å²) in [6.45, 7) is 3.27. The number of hydrogen-bond acceptors (Lipinski definition) is 2. The Morgan fingerprint density at radius 2 is 2.27 bits per heavy atom. The summed E-state index contributed by atoms with van der Waals surface area (Å²) in [6, 6.07) is 6.14. The Balaban J connectivity index is 0.00000112. The van der Waals surface area contributed by atoms with Crippen molar-refractivity contribution in [3.05, 3.63) is 28.8 Å². The Kier molecular flexibility index (Phi) is 5.10. The van der Waals surface area contributed by atoms with Gasteiger partial charge in [0.05, 0.1) is 10.7 Å². The zero-order chi connectivity index (χ0) is 9.97. The van der Waals surface area contributed by atoms with Crippen molar-refractivity contribution in [3.8, 4) is 0 Å². The van der Waals surface area contributed by atoms with E-state index >= 15 is 0 Å². The maximum Gasteiger partial charge on any atom is 0.0640 e. The van der Waals surface area contributed by atoms with Crippen molar-refractivity contribution in [1.29, 1.82) is 0 Å². The molecule has 1 N–H and O–H groups in total. The first-order valence-corrected chi connectivity index (χ1v) is 6.35. The minimum absolute atomic E-state index is 0. The second kappa shape index (κ2) is 5.88. The molecule has 1 aromatic rings. The van der Waals surface area contributed by atoms with Gasteiger partial charge in [0.1, 0.15) is 0 Å². The van der Waals surface area contributed by atoms with E-state index in [0.29, 0.717) is 5.25 Å². The van der Waals surface area contributed by atoms with Gasteiger partial charge in [0, 0.05) is 11.8 Å². The molecule has 1 aromatic carbocycles. The molecule has 1 heterocycles. The monoisotopic (exact) mass is 263 g/mol. The molecule has 1 aliphatic heterocycles. The molecule has 1 atom stereocenters. The molecule has 2 rings (SSSR count). The van der Waals surface area contributed by atoms with Gasteiger partial charge in [-0.1, -0.05) is 23.7 Å². The first-order valence-electron chi connectivity index (χ1n) is 4.93. The summed E-state index contributed by atoms with van der Waals surface area (Å²) in [7, 11) is 0. The van der Waals surface area contributed by atoms with Crippen LogP contribution in [0.15, 0.2) is 18.2 Å². The van der Waals surface area contributed by atoms with Gasteiger partial charge in [-0.05, 0) is 30.7 Å². The smallest absolute Gasteiger partial charge is 0.0640 e. The van der Waals surface area contributed by atoms with Crippen LogP contribution in [0.4, 0.5) is 5.69 Å². The molecule has 84 valence electrons. The molecule has 0 amide bonds. The van der Waals surface area contributed by atoms with Crippen LogP contribution in [0.3, 0.4) is 0 Å². The van der Waals surface area contributed by atoms with E-state index in [4.69, 9.17) is 11.6 Å². The zero-order valence-electron chi connectivity index (χ0n) is 8.63. The molecular formula is C11H15Cl2NS. The Labute approximate surface area is 106 Å². The van der Waals surface area contributed by atoms with E-state index in [0.717, 1.165) is 17.3 Å². The predicted molar refractivity (Wildman–Crippen MR) is 72.7 cm³/mol. The molecule has 0 aromatic heterocycles. The van der Waals surface area contributed by atoms with Crippen molar-refractivity contribution in [3.63, 3.8) is 0 Å². The number of benzene rings is 1. The van der Waals surface area contributed by atoms with Crippen LogP contribution >= 0.6 is 35.8 Å². The van der Waals surface area contributed by atoms with E-state index in [1.807, 2.05) is 23.9 Å². The number of para-hydroxylation sites is 1. The van der Waals surface area contributed by atoms with Crippen LogP contribution in [0.2, 0.25) is 5.02 Å². The molecule has 0 saturated carbocycles. The van der Waals surface area contributed by atoms with Crippen molar-refractivity contribution in [1.82, 2.24) is 0 Å². The predicted octanol–water partition coefficient (Wildman–Crippen LogP) is 4.37. The summed E-state index contributed by atoms with van der Waals surface area (Å²) in [4.78, 5) is 0. The summed E-state index contributed by atoms with van der Waals surface area (Å²) in [6.07, 6.45) is 1.21. The summed E-state index contributed by atoms with van der Waals surface area (Å²) in [5, 5.41) is 4.80. The Hall–Kier alpha value is -0.0500. The fourth-order valence-corrected chi connectivity index (χ4v) is 2.99. The first kappa shape index (κ1) is 13.0. The molecule has 0 spiro atoms. The summed E-state index contributed by atoms with van der Waals surface area (Å²) in [5.74, 6) is 1.22. The molecule has 0 saturated heterocycles. The Morgan fingerprint density at radius 3 is 3.07 bits per heavy atom. The van der Waals surface area contributed by atoms with Crippen molar-refractivity contribution < 1.29 is 0 Å². The fraction of sp³-hybridized carbons (Fsp3) is 0.455. The third-order valence-electron chi connectivity index (χ3n) is 2.47. The van der Waals surface area contributed by atoms with Crippen LogP contribution in [-0.2, 0) is 0 Å². The number of nitrogens with one attached hydrogen (secondary N) is 1. The largest absolute Gasteiger partial charge is 0.384 e. The second-order valence-corrected chi connectivity index (χ2v) is 5.35. The second-order valence-electron chi connectivity index (χ2n) is 3.50. The molecule has 0 fully saturated rings. The van der Waals surface area contributed by atoms with Gasteiger partial charge < -0.3 is 5.32 Å². The zero-order valence-corrected chi connectivity index (χ0v) is 11.0. The summed E-state index contributed by atoms with van der Waals surface area (Å²) in [5.41, 5.74) is 2.47. The normalized spacial score (nSPS) is 20.3. The highest BCUT2D eigenvalue weighted by molar-refractivity contribution is 7.99. The molecular weight excluding hydrogens is 249 g/mol. The minimum Gasteiger partial charge on any atom is -0.384 e. The topological polar surface area (TPSA) is 12.0 Å². The van der Waals surface area contributed by atoms with Crippen LogP contribution in [0.25, 0.3) is 0 Å². The molecule has 15 heavy (non-hydrogen) atoms. The van der Waals surface area contributed by atoms with Crippen LogP contribution in [0.1, 0.15) is 24.2 Å². The maximum atomic E-state index is 6.16. The van der Waals surface area contributed by atoms with Crippen LogP contribution in [0.5, 0.6) is 0 Å². The number of fused-ring (bicyclic) bond motifs is 1. The van der Waals surface area contributed by atoms with Gasteiger partial charge in [0.15, 0.2) is 0 Å². The average Bonchev–Trinajstić information content (AvgIpc) is 2.16. The van der Waals surface area contributed by atoms with E-state index in [1.54, 1.807) is 0 Å². The fourth-order valence-electron chi connectivity index (χ4n) is 1.70. The van der Waals surface area contributed by atoms with Gasteiger partial charge in [0.2, 0.25) is 0 Å². The molecule has 1 aliphatic rings. The van der Waals surface area contributed by atoms with Crippen LogP contribution < -0.4 is 5.32 Å². The first-order chi connectivity index (χ1) is 6.79. The maximum absolute atomic E-state index is 6.16. The highest BCUT2D eigenvalue weighted by Crippen LogP contribution is 2.38. The molecule has 1 unspecified atom stereocenters. The number of hydrogen-bond donors (Lipinski definition) is 1. The lowest BCUT2D eigenvalue weighted by Gasteiger charge is -2.21.